The van der Waals surface area contributed by atoms with Crippen LogP contribution >= 0.6 is 0 Å². The Balaban J connectivity index is 1.88. The molecule has 1 saturated heterocycles. The molecule has 22 heavy (non-hydrogen) atoms. The molecule has 1 fully saturated rings. The van der Waals surface area contributed by atoms with Crippen LogP contribution in [0.15, 0.2) is 24.3 Å². The second kappa shape index (κ2) is 8.23. The van der Waals surface area contributed by atoms with Gasteiger partial charge in [0.1, 0.15) is 6.61 Å². The Morgan fingerprint density at radius 1 is 1.18 bits per heavy atom. The summed E-state index contributed by atoms with van der Waals surface area (Å²) in [5, 5.41) is 0. The van der Waals surface area contributed by atoms with Crippen LogP contribution in [0, 0.1) is 11.8 Å². The number of likely N-dealkylation sites (tertiary alicyclic amines) is 1. The van der Waals surface area contributed by atoms with E-state index in [0.29, 0.717) is 6.61 Å². The van der Waals surface area contributed by atoms with E-state index in [1.54, 1.807) is 7.11 Å². The highest BCUT2D eigenvalue weighted by molar-refractivity contribution is 5.55. The summed E-state index contributed by atoms with van der Waals surface area (Å²) in [6.07, 6.45) is 5.42. The monoisotopic (exact) mass is 303 g/mol. The van der Waals surface area contributed by atoms with Gasteiger partial charge in [-0.25, -0.2) is 0 Å². The number of benzene rings is 1. The molecule has 122 valence electrons. The van der Waals surface area contributed by atoms with Crippen molar-refractivity contribution in [1.29, 1.82) is 0 Å². The molecule has 0 bridgehead atoms. The molecule has 3 heteroatoms. The van der Waals surface area contributed by atoms with Crippen LogP contribution in [-0.2, 0) is 0 Å². The summed E-state index contributed by atoms with van der Waals surface area (Å²) < 4.78 is 11.4. The zero-order valence-corrected chi connectivity index (χ0v) is 14.3. The summed E-state index contributed by atoms with van der Waals surface area (Å²) in [5.74, 6) is 3.21. The topological polar surface area (TPSA) is 21.7 Å². The van der Waals surface area contributed by atoms with Crippen molar-refractivity contribution in [2.24, 2.45) is 11.8 Å². The molecule has 1 heterocycles. The molecule has 0 aliphatic carbocycles. The van der Waals surface area contributed by atoms with Gasteiger partial charge in [-0.2, -0.15) is 0 Å². The van der Waals surface area contributed by atoms with E-state index in [4.69, 9.17) is 9.47 Å². The minimum absolute atomic E-state index is 0.707. The third-order valence-corrected chi connectivity index (χ3v) is 4.16. The predicted octanol–water partition coefficient (Wildman–Crippen LogP) is 4.09. The summed E-state index contributed by atoms with van der Waals surface area (Å²) in [7, 11) is 1.69. The van der Waals surface area contributed by atoms with Crippen molar-refractivity contribution >= 4 is 6.08 Å². The first kappa shape index (κ1) is 16.9. The van der Waals surface area contributed by atoms with Gasteiger partial charge in [0.15, 0.2) is 11.5 Å². The fourth-order valence-corrected chi connectivity index (χ4v) is 3.36. The highest BCUT2D eigenvalue weighted by atomic mass is 16.5. The predicted molar refractivity (Wildman–Crippen MR) is 92.6 cm³/mol. The van der Waals surface area contributed by atoms with Gasteiger partial charge in [-0.3, -0.25) is 4.90 Å². The van der Waals surface area contributed by atoms with E-state index in [2.05, 4.69) is 30.9 Å². The number of rotatable bonds is 6. The quantitative estimate of drug-likeness (QED) is 0.790. The third kappa shape index (κ3) is 4.77. The zero-order chi connectivity index (χ0) is 15.9. The van der Waals surface area contributed by atoms with Crippen LogP contribution in [0.25, 0.3) is 6.08 Å². The molecule has 1 aromatic carbocycles. The number of ether oxygens (including phenoxy) is 2. The lowest BCUT2D eigenvalue weighted by Gasteiger charge is -2.34. The Labute approximate surface area is 134 Å². The lowest BCUT2D eigenvalue weighted by molar-refractivity contribution is 0.120. The molecule has 2 rings (SSSR count). The summed E-state index contributed by atoms with van der Waals surface area (Å²) in [5.41, 5.74) is 1.13. The van der Waals surface area contributed by atoms with Crippen molar-refractivity contribution in [3.8, 4) is 11.5 Å². The van der Waals surface area contributed by atoms with E-state index in [1.807, 2.05) is 25.1 Å². The molecule has 2 atom stereocenters. The van der Waals surface area contributed by atoms with Crippen LogP contribution in [-0.4, -0.2) is 38.3 Å². The first-order chi connectivity index (χ1) is 10.6. The lowest BCUT2D eigenvalue weighted by atomic mass is 9.92. The van der Waals surface area contributed by atoms with Crippen LogP contribution < -0.4 is 9.47 Å². The molecule has 0 amide bonds. The first-order valence-electron chi connectivity index (χ1n) is 8.28. The fraction of sp³-hybridized carbons (Fsp3) is 0.579. The minimum Gasteiger partial charge on any atom is -0.493 e. The lowest BCUT2D eigenvalue weighted by Crippen LogP contribution is -2.40. The van der Waals surface area contributed by atoms with Crippen LogP contribution in [0.5, 0.6) is 11.5 Å². The molecule has 1 aliphatic heterocycles. The van der Waals surface area contributed by atoms with E-state index in [-0.39, 0.29) is 0 Å². The Morgan fingerprint density at radius 2 is 1.91 bits per heavy atom. The molecule has 0 saturated carbocycles. The van der Waals surface area contributed by atoms with Gasteiger partial charge in [-0.15, -0.1) is 0 Å². The average molecular weight is 303 g/mol. The second-order valence-electron chi connectivity index (χ2n) is 6.46. The van der Waals surface area contributed by atoms with Gasteiger partial charge in [-0.05, 0) is 42.9 Å². The van der Waals surface area contributed by atoms with Gasteiger partial charge < -0.3 is 9.47 Å². The van der Waals surface area contributed by atoms with E-state index in [0.717, 1.165) is 35.4 Å². The van der Waals surface area contributed by atoms with E-state index in [1.165, 1.54) is 19.5 Å². The van der Waals surface area contributed by atoms with E-state index >= 15 is 0 Å². The Hall–Kier alpha value is -1.48. The minimum atomic E-state index is 0.707. The number of methoxy groups -OCH3 is 1. The summed E-state index contributed by atoms with van der Waals surface area (Å²) in [6.45, 7) is 10.7. The molecule has 3 nitrogen and oxygen atoms in total. The van der Waals surface area contributed by atoms with Crippen LogP contribution in [0.4, 0.5) is 0 Å². The second-order valence-corrected chi connectivity index (χ2v) is 6.46. The number of nitrogens with zero attached hydrogens (tertiary/aromatic N) is 1. The SMILES string of the molecule is C/C=C/c1ccc(OCCN2CC(C)CC(C)C2)c(OC)c1. The normalized spacial score (nSPS) is 22.9. The van der Waals surface area contributed by atoms with Crippen LogP contribution in [0.1, 0.15) is 32.8 Å². The summed E-state index contributed by atoms with van der Waals surface area (Å²) >= 11 is 0. The Kier molecular flexibility index (Phi) is 6.32. The van der Waals surface area contributed by atoms with Crippen molar-refractivity contribution < 1.29 is 9.47 Å². The van der Waals surface area contributed by atoms with Gasteiger partial charge >= 0.3 is 0 Å². The van der Waals surface area contributed by atoms with Crippen molar-refractivity contribution in [2.75, 3.05) is 33.4 Å². The number of hydrogen-bond acceptors (Lipinski definition) is 3. The molecule has 0 aromatic heterocycles. The first-order valence-corrected chi connectivity index (χ1v) is 8.28. The molecule has 2 unspecified atom stereocenters. The summed E-state index contributed by atoms with van der Waals surface area (Å²) in [6, 6.07) is 6.07. The van der Waals surface area contributed by atoms with Crippen molar-refractivity contribution in [3.63, 3.8) is 0 Å². The maximum atomic E-state index is 5.94. The van der Waals surface area contributed by atoms with E-state index in [9.17, 15) is 0 Å². The van der Waals surface area contributed by atoms with Crippen molar-refractivity contribution in [1.82, 2.24) is 4.90 Å². The zero-order valence-electron chi connectivity index (χ0n) is 14.3. The van der Waals surface area contributed by atoms with Gasteiger partial charge in [0.25, 0.3) is 0 Å². The maximum absolute atomic E-state index is 5.94. The maximum Gasteiger partial charge on any atom is 0.161 e. The van der Waals surface area contributed by atoms with Gasteiger partial charge in [-0.1, -0.05) is 32.1 Å². The number of piperidine rings is 1. The number of allylic oxidation sites excluding steroid dienone is 1. The molecule has 0 N–H and O–H groups in total. The molecule has 0 spiro atoms. The van der Waals surface area contributed by atoms with Gasteiger partial charge in [0.2, 0.25) is 0 Å². The molecule has 1 aliphatic rings. The highest BCUT2D eigenvalue weighted by Gasteiger charge is 2.21. The van der Waals surface area contributed by atoms with Crippen molar-refractivity contribution in [2.45, 2.75) is 27.2 Å². The van der Waals surface area contributed by atoms with Crippen molar-refractivity contribution in [3.05, 3.63) is 29.8 Å². The highest BCUT2D eigenvalue weighted by Crippen LogP contribution is 2.28. The van der Waals surface area contributed by atoms with Gasteiger partial charge in [0, 0.05) is 19.6 Å². The Bertz CT molecular complexity index is 488. The molecular weight excluding hydrogens is 274 g/mol. The average Bonchev–Trinajstić information content (AvgIpc) is 2.48. The third-order valence-electron chi connectivity index (χ3n) is 4.16. The molecule has 0 radical (unpaired) electrons. The Morgan fingerprint density at radius 3 is 2.55 bits per heavy atom. The fourth-order valence-electron chi connectivity index (χ4n) is 3.36. The van der Waals surface area contributed by atoms with E-state index < -0.39 is 0 Å². The van der Waals surface area contributed by atoms with Crippen LogP contribution in [0.2, 0.25) is 0 Å². The van der Waals surface area contributed by atoms with Crippen LogP contribution in [0.3, 0.4) is 0 Å². The molecule has 1 aromatic rings. The molecular formula is C19H29NO2. The van der Waals surface area contributed by atoms with Gasteiger partial charge in [0.05, 0.1) is 7.11 Å². The number of hydrogen-bond donors (Lipinski definition) is 0. The standard InChI is InChI=1S/C19H29NO2/c1-5-6-17-7-8-18(19(12-17)21-4)22-10-9-20-13-15(2)11-16(3)14-20/h5-8,12,15-16H,9-11,13-14H2,1-4H3/b6-5+. The smallest absolute Gasteiger partial charge is 0.161 e. The largest absolute Gasteiger partial charge is 0.493 e. The summed E-state index contributed by atoms with van der Waals surface area (Å²) in [4.78, 5) is 2.51.